The molecule has 0 atom stereocenters. The van der Waals surface area contributed by atoms with E-state index in [2.05, 4.69) is 45.1 Å². The van der Waals surface area contributed by atoms with Gasteiger partial charge in [-0.3, -0.25) is 4.90 Å². The summed E-state index contributed by atoms with van der Waals surface area (Å²) in [5.74, 6) is -0.184. The van der Waals surface area contributed by atoms with E-state index < -0.39 is 0 Å². The maximum atomic E-state index is 13.3. The van der Waals surface area contributed by atoms with Gasteiger partial charge in [0.15, 0.2) is 0 Å². The SMILES string of the molecule is Fc1cc(Br)cc(CN2Cc3ccccc3C2)c1. The Morgan fingerprint density at radius 3 is 2.33 bits per heavy atom. The van der Waals surface area contributed by atoms with Gasteiger partial charge in [-0.1, -0.05) is 40.2 Å². The highest BCUT2D eigenvalue weighted by atomic mass is 79.9. The fourth-order valence-corrected chi connectivity index (χ4v) is 2.99. The van der Waals surface area contributed by atoms with Gasteiger partial charge in [0.05, 0.1) is 0 Å². The van der Waals surface area contributed by atoms with Crippen LogP contribution in [-0.2, 0) is 19.6 Å². The number of nitrogens with zero attached hydrogens (tertiary/aromatic N) is 1. The number of rotatable bonds is 2. The summed E-state index contributed by atoms with van der Waals surface area (Å²) in [5, 5.41) is 0. The van der Waals surface area contributed by atoms with Crippen molar-refractivity contribution in [1.29, 1.82) is 0 Å². The van der Waals surface area contributed by atoms with Gasteiger partial charge in [-0.25, -0.2) is 4.39 Å². The maximum absolute atomic E-state index is 13.3. The van der Waals surface area contributed by atoms with Crippen LogP contribution in [0.1, 0.15) is 16.7 Å². The Hall–Kier alpha value is -1.19. The number of benzene rings is 2. The molecule has 0 saturated heterocycles. The topological polar surface area (TPSA) is 3.24 Å². The van der Waals surface area contributed by atoms with Gasteiger partial charge in [-0.05, 0) is 34.9 Å². The smallest absolute Gasteiger partial charge is 0.124 e. The van der Waals surface area contributed by atoms with E-state index in [-0.39, 0.29) is 5.82 Å². The average Bonchev–Trinajstić information content (AvgIpc) is 2.69. The molecule has 0 saturated carbocycles. The number of halogens is 2. The van der Waals surface area contributed by atoms with Crippen molar-refractivity contribution in [2.45, 2.75) is 19.6 Å². The van der Waals surface area contributed by atoms with Gasteiger partial charge < -0.3 is 0 Å². The Kier molecular flexibility index (Phi) is 3.18. The molecule has 0 N–H and O–H groups in total. The zero-order valence-corrected chi connectivity index (χ0v) is 11.5. The third-order valence-electron chi connectivity index (χ3n) is 3.23. The van der Waals surface area contributed by atoms with Crippen molar-refractivity contribution in [3.05, 3.63) is 69.4 Å². The van der Waals surface area contributed by atoms with E-state index in [1.54, 1.807) is 6.07 Å². The molecule has 0 amide bonds. The summed E-state index contributed by atoms with van der Waals surface area (Å²) in [5.41, 5.74) is 3.77. The molecule has 0 radical (unpaired) electrons. The highest BCUT2D eigenvalue weighted by Crippen LogP contribution is 2.25. The van der Waals surface area contributed by atoms with Crippen molar-refractivity contribution in [3.8, 4) is 0 Å². The average molecular weight is 306 g/mol. The molecule has 0 unspecified atom stereocenters. The fraction of sp³-hybridized carbons (Fsp3) is 0.200. The molecule has 1 heterocycles. The third kappa shape index (κ3) is 2.47. The number of hydrogen-bond donors (Lipinski definition) is 0. The van der Waals surface area contributed by atoms with E-state index in [4.69, 9.17) is 0 Å². The summed E-state index contributed by atoms with van der Waals surface area (Å²) < 4.78 is 14.1. The molecule has 2 aromatic carbocycles. The second-order valence-corrected chi connectivity index (χ2v) is 5.61. The number of hydrogen-bond acceptors (Lipinski definition) is 1. The largest absolute Gasteiger partial charge is 0.291 e. The Morgan fingerprint density at radius 1 is 1.06 bits per heavy atom. The van der Waals surface area contributed by atoms with Gasteiger partial charge in [0, 0.05) is 24.1 Å². The summed E-state index contributed by atoms with van der Waals surface area (Å²) >= 11 is 3.33. The summed E-state index contributed by atoms with van der Waals surface area (Å²) in [7, 11) is 0. The molecular formula is C15H13BrFN. The van der Waals surface area contributed by atoms with Crippen molar-refractivity contribution >= 4 is 15.9 Å². The molecule has 0 spiro atoms. The van der Waals surface area contributed by atoms with E-state index in [0.717, 1.165) is 29.7 Å². The number of fused-ring (bicyclic) bond motifs is 1. The van der Waals surface area contributed by atoms with Crippen LogP contribution in [0.2, 0.25) is 0 Å². The Morgan fingerprint density at radius 2 is 1.72 bits per heavy atom. The first-order valence-corrected chi connectivity index (χ1v) is 6.74. The van der Waals surface area contributed by atoms with Crippen molar-refractivity contribution in [1.82, 2.24) is 4.90 Å². The summed E-state index contributed by atoms with van der Waals surface area (Å²) in [6.45, 7) is 2.68. The van der Waals surface area contributed by atoms with E-state index in [1.165, 1.54) is 17.2 Å². The van der Waals surface area contributed by atoms with Crippen LogP contribution < -0.4 is 0 Å². The van der Waals surface area contributed by atoms with Crippen LogP contribution in [0.25, 0.3) is 0 Å². The van der Waals surface area contributed by atoms with Crippen molar-refractivity contribution in [2.75, 3.05) is 0 Å². The van der Waals surface area contributed by atoms with E-state index in [1.807, 2.05) is 6.07 Å². The zero-order valence-electron chi connectivity index (χ0n) is 9.87. The second-order valence-electron chi connectivity index (χ2n) is 4.69. The van der Waals surface area contributed by atoms with Gasteiger partial charge in [-0.15, -0.1) is 0 Å². The Bertz CT molecular complexity index is 537. The highest BCUT2D eigenvalue weighted by Gasteiger charge is 2.18. The monoisotopic (exact) mass is 305 g/mol. The minimum absolute atomic E-state index is 0.184. The first-order chi connectivity index (χ1) is 8.70. The molecule has 1 aliphatic rings. The van der Waals surface area contributed by atoms with Gasteiger partial charge in [0.25, 0.3) is 0 Å². The Balaban J connectivity index is 1.76. The Labute approximate surface area is 114 Å². The van der Waals surface area contributed by atoms with Crippen molar-refractivity contribution in [2.24, 2.45) is 0 Å². The zero-order chi connectivity index (χ0) is 12.5. The van der Waals surface area contributed by atoms with Crippen LogP contribution in [0.5, 0.6) is 0 Å². The first-order valence-electron chi connectivity index (χ1n) is 5.95. The second kappa shape index (κ2) is 4.82. The lowest BCUT2D eigenvalue weighted by atomic mass is 10.1. The molecule has 2 aromatic rings. The van der Waals surface area contributed by atoms with Gasteiger partial charge >= 0.3 is 0 Å². The molecule has 0 bridgehead atoms. The molecule has 0 fully saturated rings. The van der Waals surface area contributed by atoms with Crippen LogP contribution in [0, 0.1) is 5.82 Å². The normalized spacial score (nSPS) is 14.8. The predicted octanol–water partition coefficient (Wildman–Crippen LogP) is 4.10. The highest BCUT2D eigenvalue weighted by molar-refractivity contribution is 9.10. The van der Waals surface area contributed by atoms with E-state index in [9.17, 15) is 4.39 Å². The molecule has 0 aliphatic carbocycles. The van der Waals surface area contributed by atoms with Crippen LogP contribution in [0.15, 0.2) is 46.9 Å². The standard InChI is InChI=1S/C15H13BrFN/c16-14-5-11(6-15(17)7-14)8-18-9-12-3-1-2-4-13(12)10-18/h1-7H,8-10H2. The molecule has 18 heavy (non-hydrogen) atoms. The minimum atomic E-state index is -0.184. The first kappa shape index (κ1) is 11.9. The molecule has 3 rings (SSSR count). The molecule has 92 valence electrons. The molecule has 1 nitrogen and oxygen atoms in total. The van der Waals surface area contributed by atoms with E-state index in [0.29, 0.717) is 0 Å². The van der Waals surface area contributed by atoms with Crippen LogP contribution in [-0.4, -0.2) is 4.90 Å². The lowest BCUT2D eigenvalue weighted by Crippen LogP contribution is -2.15. The fourth-order valence-electron chi connectivity index (χ4n) is 2.48. The lowest BCUT2D eigenvalue weighted by molar-refractivity contribution is 0.275. The van der Waals surface area contributed by atoms with Crippen LogP contribution in [0.4, 0.5) is 4.39 Å². The maximum Gasteiger partial charge on any atom is 0.124 e. The predicted molar refractivity (Wildman–Crippen MR) is 73.5 cm³/mol. The molecule has 0 aromatic heterocycles. The quantitative estimate of drug-likeness (QED) is 0.807. The van der Waals surface area contributed by atoms with Crippen molar-refractivity contribution < 1.29 is 4.39 Å². The molecule has 3 heteroatoms. The van der Waals surface area contributed by atoms with E-state index >= 15 is 0 Å². The third-order valence-corrected chi connectivity index (χ3v) is 3.69. The summed E-state index contributed by atoms with van der Waals surface area (Å²) in [6, 6.07) is 13.5. The van der Waals surface area contributed by atoms with Crippen LogP contribution in [0.3, 0.4) is 0 Å². The van der Waals surface area contributed by atoms with Gasteiger partial charge in [0.1, 0.15) is 5.82 Å². The molecule has 1 aliphatic heterocycles. The van der Waals surface area contributed by atoms with Gasteiger partial charge in [-0.2, -0.15) is 0 Å². The lowest BCUT2D eigenvalue weighted by Gasteiger charge is -2.15. The van der Waals surface area contributed by atoms with Crippen LogP contribution >= 0.6 is 15.9 Å². The van der Waals surface area contributed by atoms with Gasteiger partial charge in [0.2, 0.25) is 0 Å². The van der Waals surface area contributed by atoms with Crippen molar-refractivity contribution in [3.63, 3.8) is 0 Å². The summed E-state index contributed by atoms with van der Waals surface area (Å²) in [4.78, 5) is 2.33. The molecular weight excluding hydrogens is 293 g/mol. The minimum Gasteiger partial charge on any atom is -0.291 e. The summed E-state index contributed by atoms with van der Waals surface area (Å²) in [6.07, 6.45) is 0.